The van der Waals surface area contributed by atoms with E-state index < -0.39 is 0 Å². The number of amides is 1. The van der Waals surface area contributed by atoms with Crippen LogP contribution in [0.15, 0.2) is 48.5 Å². The lowest BCUT2D eigenvalue weighted by Gasteiger charge is -2.07. The third-order valence-electron chi connectivity index (χ3n) is 3.54. The van der Waals surface area contributed by atoms with E-state index in [1.54, 1.807) is 19.3 Å². The van der Waals surface area contributed by atoms with Gasteiger partial charge in [0.2, 0.25) is 12.7 Å². The molecule has 130 valence electrons. The zero-order valence-corrected chi connectivity index (χ0v) is 13.9. The highest BCUT2D eigenvalue weighted by Crippen LogP contribution is 2.32. The van der Waals surface area contributed by atoms with Gasteiger partial charge in [0.1, 0.15) is 18.1 Å². The number of rotatable bonds is 7. The number of fused-ring (bicyclic) bond motifs is 1. The van der Waals surface area contributed by atoms with Crippen molar-refractivity contribution in [2.24, 2.45) is 0 Å². The number of ether oxygens (including phenoxy) is 4. The summed E-state index contributed by atoms with van der Waals surface area (Å²) in [4.78, 5) is 11.8. The fraction of sp³-hybridized carbons (Fsp3) is 0.211. The maximum atomic E-state index is 11.8. The Balaban J connectivity index is 1.42. The Kier molecular flexibility index (Phi) is 5.41. The molecule has 0 aromatic heterocycles. The van der Waals surface area contributed by atoms with Crippen LogP contribution in [-0.2, 0) is 4.79 Å². The molecule has 0 saturated heterocycles. The lowest BCUT2D eigenvalue weighted by Crippen LogP contribution is -2.26. The van der Waals surface area contributed by atoms with Gasteiger partial charge in [-0.15, -0.1) is 0 Å². The van der Waals surface area contributed by atoms with E-state index in [-0.39, 0.29) is 12.7 Å². The molecule has 1 heterocycles. The molecule has 25 heavy (non-hydrogen) atoms. The average molecular weight is 341 g/mol. The van der Waals surface area contributed by atoms with Gasteiger partial charge >= 0.3 is 0 Å². The SMILES string of the molecule is COc1cccc(OCCNC(=O)/C=C/c2ccc3c(c2)OCO3)c1. The first kappa shape index (κ1) is 16.7. The minimum Gasteiger partial charge on any atom is -0.497 e. The fourth-order valence-electron chi connectivity index (χ4n) is 2.28. The summed E-state index contributed by atoms with van der Waals surface area (Å²) >= 11 is 0. The summed E-state index contributed by atoms with van der Waals surface area (Å²) < 4.78 is 21.2. The van der Waals surface area contributed by atoms with Gasteiger partial charge in [-0.1, -0.05) is 12.1 Å². The molecule has 0 aliphatic carbocycles. The number of methoxy groups -OCH3 is 1. The van der Waals surface area contributed by atoms with Crippen LogP contribution in [-0.4, -0.2) is 33.0 Å². The Hall–Kier alpha value is -3.15. The molecule has 2 aromatic rings. The molecule has 0 bridgehead atoms. The van der Waals surface area contributed by atoms with E-state index in [9.17, 15) is 4.79 Å². The van der Waals surface area contributed by atoms with Crippen molar-refractivity contribution in [2.75, 3.05) is 27.1 Å². The van der Waals surface area contributed by atoms with Gasteiger partial charge in [0.05, 0.1) is 13.7 Å². The second-order valence-corrected chi connectivity index (χ2v) is 5.26. The van der Waals surface area contributed by atoms with E-state index >= 15 is 0 Å². The molecule has 0 atom stereocenters. The maximum absolute atomic E-state index is 11.8. The van der Waals surface area contributed by atoms with Crippen LogP contribution in [0.2, 0.25) is 0 Å². The van der Waals surface area contributed by atoms with Crippen molar-refractivity contribution in [1.29, 1.82) is 0 Å². The first-order valence-corrected chi connectivity index (χ1v) is 7.87. The van der Waals surface area contributed by atoms with E-state index in [0.717, 1.165) is 17.1 Å². The zero-order valence-electron chi connectivity index (χ0n) is 13.9. The van der Waals surface area contributed by atoms with Gasteiger partial charge in [-0.25, -0.2) is 0 Å². The molecular formula is C19H19NO5. The van der Waals surface area contributed by atoms with Crippen molar-refractivity contribution in [1.82, 2.24) is 5.32 Å². The fourth-order valence-corrected chi connectivity index (χ4v) is 2.28. The third-order valence-corrected chi connectivity index (χ3v) is 3.54. The first-order chi connectivity index (χ1) is 12.2. The van der Waals surface area contributed by atoms with Crippen molar-refractivity contribution in [3.8, 4) is 23.0 Å². The van der Waals surface area contributed by atoms with Gasteiger partial charge < -0.3 is 24.3 Å². The van der Waals surface area contributed by atoms with Crippen molar-refractivity contribution in [2.45, 2.75) is 0 Å². The molecule has 1 N–H and O–H groups in total. The molecule has 6 nitrogen and oxygen atoms in total. The average Bonchev–Trinajstić information content (AvgIpc) is 3.11. The van der Waals surface area contributed by atoms with E-state index in [1.807, 2.05) is 36.4 Å². The van der Waals surface area contributed by atoms with Gasteiger partial charge in [0.25, 0.3) is 0 Å². The van der Waals surface area contributed by atoms with E-state index in [1.165, 1.54) is 6.08 Å². The van der Waals surface area contributed by atoms with Crippen LogP contribution in [0.1, 0.15) is 5.56 Å². The summed E-state index contributed by atoms with van der Waals surface area (Å²) in [6.07, 6.45) is 3.20. The lowest BCUT2D eigenvalue weighted by atomic mass is 10.2. The van der Waals surface area contributed by atoms with Gasteiger partial charge in [0.15, 0.2) is 11.5 Å². The van der Waals surface area contributed by atoms with Crippen molar-refractivity contribution in [3.63, 3.8) is 0 Å². The van der Waals surface area contributed by atoms with Crippen LogP contribution in [0.4, 0.5) is 0 Å². The topological polar surface area (TPSA) is 66.0 Å². The molecule has 3 rings (SSSR count). The van der Waals surface area contributed by atoms with Gasteiger partial charge in [-0.05, 0) is 35.9 Å². The number of benzene rings is 2. The third kappa shape index (κ3) is 4.67. The van der Waals surface area contributed by atoms with E-state index in [2.05, 4.69) is 5.32 Å². The molecule has 0 spiro atoms. The molecule has 0 fully saturated rings. The smallest absolute Gasteiger partial charge is 0.244 e. The summed E-state index contributed by atoms with van der Waals surface area (Å²) in [6, 6.07) is 12.8. The Labute approximate surface area is 146 Å². The van der Waals surface area contributed by atoms with Crippen LogP contribution in [0.25, 0.3) is 6.08 Å². The molecule has 0 unspecified atom stereocenters. The van der Waals surface area contributed by atoms with Gasteiger partial charge in [0, 0.05) is 12.1 Å². The number of nitrogens with one attached hydrogen (secondary N) is 1. The Morgan fingerprint density at radius 1 is 1.16 bits per heavy atom. The highest BCUT2D eigenvalue weighted by Gasteiger charge is 2.12. The summed E-state index contributed by atoms with van der Waals surface area (Å²) in [5, 5.41) is 2.77. The van der Waals surface area contributed by atoms with E-state index in [4.69, 9.17) is 18.9 Å². The van der Waals surface area contributed by atoms with Crippen molar-refractivity contribution in [3.05, 3.63) is 54.1 Å². The van der Waals surface area contributed by atoms with Gasteiger partial charge in [-0.3, -0.25) is 4.79 Å². The monoisotopic (exact) mass is 341 g/mol. The molecule has 2 aromatic carbocycles. The lowest BCUT2D eigenvalue weighted by molar-refractivity contribution is -0.116. The Bertz CT molecular complexity index is 772. The summed E-state index contributed by atoms with van der Waals surface area (Å²) in [5.41, 5.74) is 0.868. The van der Waals surface area contributed by atoms with Crippen molar-refractivity contribution < 1.29 is 23.7 Å². The number of carbonyl (C=O) groups excluding carboxylic acids is 1. The molecule has 0 saturated carbocycles. The molecule has 1 aliphatic heterocycles. The number of hydrogen-bond donors (Lipinski definition) is 1. The van der Waals surface area contributed by atoms with Gasteiger partial charge in [-0.2, -0.15) is 0 Å². The highest BCUT2D eigenvalue weighted by molar-refractivity contribution is 5.91. The quantitative estimate of drug-likeness (QED) is 0.619. The molecule has 1 amide bonds. The Morgan fingerprint density at radius 2 is 2.00 bits per heavy atom. The van der Waals surface area contributed by atoms with E-state index in [0.29, 0.717) is 24.7 Å². The zero-order chi connectivity index (χ0) is 17.5. The minimum absolute atomic E-state index is 0.188. The normalized spacial score (nSPS) is 12.2. The number of hydrogen-bond acceptors (Lipinski definition) is 5. The standard InChI is InChI=1S/C19H19NO5/c1-22-15-3-2-4-16(12-15)23-10-9-20-19(21)8-6-14-5-7-17-18(11-14)25-13-24-17/h2-8,11-12H,9-10,13H2,1H3,(H,20,21)/b8-6+. The highest BCUT2D eigenvalue weighted by atomic mass is 16.7. The molecule has 0 radical (unpaired) electrons. The maximum Gasteiger partial charge on any atom is 0.244 e. The molecule has 1 aliphatic rings. The summed E-state index contributed by atoms with van der Waals surface area (Å²) in [5.74, 6) is 2.65. The van der Waals surface area contributed by atoms with Crippen LogP contribution in [0, 0.1) is 0 Å². The molecular weight excluding hydrogens is 322 g/mol. The second-order valence-electron chi connectivity index (χ2n) is 5.26. The Morgan fingerprint density at radius 3 is 2.88 bits per heavy atom. The summed E-state index contributed by atoms with van der Waals surface area (Å²) in [6.45, 7) is 1.01. The molecule has 6 heteroatoms. The van der Waals surface area contributed by atoms with Crippen molar-refractivity contribution >= 4 is 12.0 Å². The first-order valence-electron chi connectivity index (χ1n) is 7.87. The predicted octanol–water partition coefficient (Wildman–Crippen LogP) is 2.63. The predicted molar refractivity (Wildman–Crippen MR) is 93.1 cm³/mol. The minimum atomic E-state index is -0.188. The van der Waals surface area contributed by atoms with Crippen LogP contribution < -0.4 is 24.3 Å². The van der Waals surface area contributed by atoms with Crippen LogP contribution in [0.5, 0.6) is 23.0 Å². The largest absolute Gasteiger partial charge is 0.497 e. The summed E-state index contributed by atoms with van der Waals surface area (Å²) in [7, 11) is 1.60. The second kappa shape index (κ2) is 8.10. The van der Waals surface area contributed by atoms with Crippen LogP contribution >= 0.6 is 0 Å². The van der Waals surface area contributed by atoms with Crippen LogP contribution in [0.3, 0.4) is 0 Å². The number of carbonyl (C=O) groups is 1.